The molecule has 0 aromatic carbocycles. The summed E-state index contributed by atoms with van der Waals surface area (Å²) in [6.45, 7) is 1.79. The summed E-state index contributed by atoms with van der Waals surface area (Å²) in [6, 6.07) is 1.56. The monoisotopic (exact) mass is 180 g/mol. The molecule has 0 aliphatic rings. The van der Waals surface area contributed by atoms with Crippen LogP contribution in [0.3, 0.4) is 0 Å². The van der Waals surface area contributed by atoms with Gasteiger partial charge in [0.15, 0.2) is 0 Å². The zero-order chi connectivity index (χ0) is 9.68. The van der Waals surface area contributed by atoms with Crippen molar-refractivity contribution in [3.05, 3.63) is 24.3 Å². The Bertz CT molecular complexity index is 310. The van der Waals surface area contributed by atoms with Crippen LogP contribution in [-0.2, 0) is 9.53 Å². The van der Waals surface area contributed by atoms with Crippen molar-refractivity contribution in [2.75, 3.05) is 6.61 Å². The van der Waals surface area contributed by atoms with Gasteiger partial charge in [-0.1, -0.05) is 0 Å². The number of ether oxygens (including phenoxy) is 1. The summed E-state index contributed by atoms with van der Waals surface area (Å²) in [5.41, 5.74) is 0. The second kappa shape index (κ2) is 4.30. The van der Waals surface area contributed by atoms with Gasteiger partial charge in [-0.25, -0.2) is 14.8 Å². The molecule has 1 rings (SSSR count). The van der Waals surface area contributed by atoms with Crippen LogP contribution in [0.2, 0.25) is 0 Å². The van der Waals surface area contributed by atoms with Gasteiger partial charge < -0.3 is 4.74 Å². The molecule has 0 atom stereocenters. The van der Waals surface area contributed by atoms with E-state index in [0.717, 1.165) is 0 Å². The standard InChI is InChI=1S/C8H8N2O3/c1-2-13-8(12)6(11)7-9-4-3-5-10-7/h3-5H,2H2,1H3. The lowest BCUT2D eigenvalue weighted by Crippen LogP contribution is -2.19. The number of hydrogen-bond donors (Lipinski definition) is 0. The van der Waals surface area contributed by atoms with Gasteiger partial charge >= 0.3 is 11.8 Å². The van der Waals surface area contributed by atoms with Crippen LogP contribution < -0.4 is 0 Å². The van der Waals surface area contributed by atoms with Gasteiger partial charge in [-0.3, -0.25) is 4.79 Å². The van der Waals surface area contributed by atoms with Crippen LogP contribution in [0.1, 0.15) is 17.5 Å². The predicted molar refractivity (Wildman–Crippen MR) is 43.0 cm³/mol. The van der Waals surface area contributed by atoms with Gasteiger partial charge in [0, 0.05) is 12.4 Å². The van der Waals surface area contributed by atoms with Gasteiger partial charge in [0.2, 0.25) is 5.82 Å². The van der Waals surface area contributed by atoms with Crippen LogP contribution in [0.4, 0.5) is 0 Å². The third-order valence-electron chi connectivity index (χ3n) is 1.23. The fraction of sp³-hybridized carbons (Fsp3) is 0.250. The Balaban J connectivity index is 2.74. The van der Waals surface area contributed by atoms with Crippen molar-refractivity contribution in [3.8, 4) is 0 Å². The molecule has 0 aliphatic carbocycles. The zero-order valence-corrected chi connectivity index (χ0v) is 7.06. The molecule has 1 aromatic rings. The van der Waals surface area contributed by atoms with Crippen LogP contribution in [0.5, 0.6) is 0 Å². The molecular formula is C8H8N2O3. The molecule has 5 heteroatoms. The Kier molecular flexibility index (Phi) is 3.08. The third-order valence-corrected chi connectivity index (χ3v) is 1.23. The number of hydrogen-bond acceptors (Lipinski definition) is 5. The molecule has 0 aliphatic heterocycles. The Morgan fingerprint density at radius 2 is 2.00 bits per heavy atom. The molecule has 0 N–H and O–H groups in total. The molecule has 0 fully saturated rings. The fourth-order valence-corrected chi connectivity index (χ4v) is 0.704. The molecule has 0 amide bonds. The molecule has 0 saturated carbocycles. The van der Waals surface area contributed by atoms with E-state index in [2.05, 4.69) is 14.7 Å². The van der Waals surface area contributed by atoms with E-state index in [4.69, 9.17) is 0 Å². The van der Waals surface area contributed by atoms with E-state index in [1.807, 2.05) is 0 Å². The fourth-order valence-electron chi connectivity index (χ4n) is 0.704. The molecule has 0 bridgehead atoms. The molecule has 0 spiro atoms. The summed E-state index contributed by atoms with van der Waals surface area (Å²) in [4.78, 5) is 29.3. The van der Waals surface area contributed by atoms with Gasteiger partial charge in [0.05, 0.1) is 6.61 Å². The number of esters is 1. The van der Waals surface area contributed by atoms with Gasteiger partial charge in [-0.05, 0) is 13.0 Å². The van der Waals surface area contributed by atoms with E-state index in [0.29, 0.717) is 0 Å². The van der Waals surface area contributed by atoms with Crippen molar-refractivity contribution in [1.29, 1.82) is 0 Å². The lowest BCUT2D eigenvalue weighted by atomic mass is 10.4. The minimum Gasteiger partial charge on any atom is -0.460 e. The van der Waals surface area contributed by atoms with Crippen LogP contribution in [0.15, 0.2) is 18.5 Å². The van der Waals surface area contributed by atoms with Crippen LogP contribution in [-0.4, -0.2) is 28.3 Å². The van der Waals surface area contributed by atoms with Crippen molar-refractivity contribution in [2.24, 2.45) is 0 Å². The Labute approximate surface area is 74.8 Å². The average molecular weight is 180 g/mol. The Morgan fingerprint density at radius 3 is 2.54 bits per heavy atom. The highest BCUT2D eigenvalue weighted by molar-refractivity contribution is 6.39. The van der Waals surface area contributed by atoms with E-state index < -0.39 is 11.8 Å². The number of aromatic nitrogens is 2. The zero-order valence-electron chi connectivity index (χ0n) is 7.06. The van der Waals surface area contributed by atoms with Crippen molar-refractivity contribution in [1.82, 2.24) is 9.97 Å². The number of rotatable bonds is 3. The van der Waals surface area contributed by atoms with Crippen molar-refractivity contribution >= 4 is 11.8 Å². The number of nitrogens with zero attached hydrogens (tertiary/aromatic N) is 2. The molecule has 68 valence electrons. The highest BCUT2D eigenvalue weighted by atomic mass is 16.5. The van der Waals surface area contributed by atoms with Crippen molar-refractivity contribution in [3.63, 3.8) is 0 Å². The molecule has 5 nitrogen and oxygen atoms in total. The maximum Gasteiger partial charge on any atom is 0.383 e. The van der Waals surface area contributed by atoms with Crippen LogP contribution >= 0.6 is 0 Å². The highest BCUT2D eigenvalue weighted by Gasteiger charge is 2.19. The third kappa shape index (κ3) is 2.33. The number of carbonyl (C=O) groups excluding carboxylic acids is 2. The number of Topliss-reactive ketones (excluding diaryl/α,β-unsaturated/α-hetero) is 1. The largest absolute Gasteiger partial charge is 0.460 e. The van der Waals surface area contributed by atoms with E-state index >= 15 is 0 Å². The summed E-state index contributed by atoms with van der Waals surface area (Å²) in [5.74, 6) is -1.88. The van der Waals surface area contributed by atoms with Gasteiger partial charge in [-0.2, -0.15) is 0 Å². The first-order valence-corrected chi connectivity index (χ1v) is 3.74. The summed E-state index contributed by atoms with van der Waals surface area (Å²) in [7, 11) is 0. The number of carbonyl (C=O) groups is 2. The van der Waals surface area contributed by atoms with Gasteiger partial charge in [0.1, 0.15) is 0 Å². The van der Waals surface area contributed by atoms with Gasteiger partial charge in [-0.15, -0.1) is 0 Å². The minimum atomic E-state index is -0.922. The normalized spacial score (nSPS) is 9.31. The van der Waals surface area contributed by atoms with Crippen molar-refractivity contribution < 1.29 is 14.3 Å². The molecule has 1 heterocycles. The average Bonchev–Trinajstić information content (AvgIpc) is 2.18. The molecular weight excluding hydrogens is 172 g/mol. The van der Waals surface area contributed by atoms with Crippen molar-refractivity contribution in [2.45, 2.75) is 6.92 Å². The molecule has 0 saturated heterocycles. The summed E-state index contributed by atoms with van der Waals surface area (Å²) in [5, 5.41) is 0. The van der Waals surface area contributed by atoms with Crippen LogP contribution in [0, 0.1) is 0 Å². The first-order chi connectivity index (χ1) is 6.25. The molecule has 1 aromatic heterocycles. The molecule has 0 radical (unpaired) electrons. The summed E-state index contributed by atoms with van der Waals surface area (Å²) in [6.07, 6.45) is 2.78. The topological polar surface area (TPSA) is 69.2 Å². The van der Waals surface area contributed by atoms with E-state index in [-0.39, 0.29) is 12.4 Å². The second-order valence-corrected chi connectivity index (χ2v) is 2.12. The Morgan fingerprint density at radius 1 is 1.38 bits per heavy atom. The first-order valence-electron chi connectivity index (χ1n) is 3.74. The van der Waals surface area contributed by atoms with Gasteiger partial charge in [0.25, 0.3) is 0 Å². The number of ketones is 1. The first kappa shape index (κ1) is 9.31. The van der Waals surface area contributed by atoms with E-state index in [9.17, 15) is 9.59 Å². The second-order valence-electron chi connectivity index (χ2n) is 2.12. The summed E-state index contributed by atoms with van der Waals surface area (Å²) >= 11 is 0. The molecule has 0 unspecified atom stereocenters. The lowest BCUT2D eigenvalue weighted by molar-refractivity contribution is -0.137. The molecule has 13 heavy (non-hydrogen) atoms. The Hall–Kier alpha value is -1.78. The highest BCUT2D eigenvalue weighted by Crippen LogP contribution is 1.92. The predicted octanol–water partition coefficient (Wildman–Crippen LogP) is 0.222. The lowest BCUT2D eigenvalue weighted by Gasteiger charge is -1.97. The maximum atomic E-state index is 11.1. The quantitative estimate of drug-likeness (QED) is 0.378. The van der Waals surface area contributed by atoms with E-state index in [1.165, 1.54) is 12.4 Å². The smallest absolute Gasteiger partial charge is 0.383 e. The SMILES string of the molecule is CCOC(=O)C(=O)c1ncccn1. The van der Waals surface area contributed by atoms with Crippen LogP contribution in [0.25, 0.3) is 0 Å². The minimum absolute atomic E-state index is 0.138. The summed E-state index contributed by atoms with van der Waals surface area (Å²) < 4.78 is 4.49. The van der Waals surface area contributed by atoms with E-state index in [1.54, 1.807) is 13.0 Å². The maximum absolute atomic E-state index is 11.1.